The summed E-state index contributed by atoms with van der Waals surface area (Å²) in [4.78, 5) is 11.7. The Balaban J connectivity index is 1.74. The maximum absolute atomic E-state index is 11.7. The zero-order valence-electron chi connectivity index (χ0n) is 10.8. The Morgan fingerprint density at radius 3 is 2.72 bits per heavy atom. The first-order chi connectivity index (χ1) is 8.74. The lowest BCUT2D eigenvalue weighted by atomic mass is 10.0. The zero-order valence-corrected chi connectivity index (χ0v) is 10.8. The SMILES string of the molecule is Cc1ccc(NC(=O)CNC2CC=CCC2)cc1. The van der Waals surface area contributed by atoms with E-state index in [1.54, 1.807) is 0 Å². The second-order valence-corrected chi connectivity index (χ2v) is 4.78. The Labute approximate surface area is 108 Å². The van der Waals surface area contributed by atoms with Crippen LogP contribution in [0.25, 0.3) is 0 Å². The van der Waals surface area contributed by atoms with Crippen LogP contribution in [0.1, 0.15) is 24.8 Å². The molecule has 0 heterocycles. The Bertz CT molecular complexity index is 423. The fraction of sp³-hybridized carbons (Fsp3) is 0.400. The number of aryl methyl sites for hydroxylation is 1. The smallest absolute Gasteiger partial charge is 0.238 e. The van der Waals surface area contributed by atoms with E-state index in [0.29, 0.717) is 12.6 Å². The fourth-order valence-corrected chi connectivity index (χ4v) is 2.06. The third kappa shape index (κ3) is 4.00. The van der Waals surface area contributed by atoms with Crippen molar-refractivity contribution in [3.8, 4) is 0 Å². The summed E-state index contributed by atoms with van der Waals surface area (Å²) in [5, 5.41) is 6.18. The molecule has 0 aliphatic heterocycles. The number of benzene rings is 1. The van der Waals surface area contributed by atoms with Crippen molar-refractivity contribution in [2.24, 2.45) is 0 Å². The van der Waals surface area contributed by atoms with Gasteiger partial charge in [-0.15, -0.1) is 0 Å². The molecule has 1 aromatic carbocycles. The number of nitrogens with one attached hydrogen (secondary N) is 2. The standard InChI is InChI=1S/C15H20N2O/c1-12-7-9-14(10-8-12)17-15(18)11-16-13-5-3-2-4-6-13/h2-3,7-10,13,16H,4-6,11H2,1H3,(H,17,18). The largest absolute Gasteiger partial charge is 0.325 e. The second-order valence-electron chi connectivity index (χ2n) is 4.78. The van der Waals surface area contributed by atoms with Gasteiger partial charge >= 0.3 is 0 Å². The molecule has 0 saturated heterocycles. The lowest BCUT2D eigenvalue weighted by molar-refractivity contribution is -0.115. The molecule has 2 rings (SSSR count). The van der Waals surface area contributed by atoms with Crippen molar-refractivity contribution in [2.75, 3.05) is 11.9 Å². The molecule has 2 N–H and O–H groups in total. The molecular weight excluding hydrogens is 224 g/mol. The van der Waals surface area contributed by atoms with E-state index < -0.39 is 0 Å². The number of carbonyl (C=O) groups excluding carboxylic acids is 1. The number of carbonyl (C=O) groups is 1. The van der Waals surface area contributed by atoms with Gasteiger partial charge in [0.25, 0.3) is 0 Å². The summed E-state index contributed by atoms with van der Waals surface area (Å²) in [6, 6.07) is 8.29. The molecule has 96 valence electrons. The van der Waals surface area contributed by atoms with Crippen LogP contribution in [0.2, 0.25) is 0 Å². The minimum Gasteiger partial charge on any atom is -0.325 e. The maximum atomic E-state index is 11.7. The van der Waals surface area contributed by atoms with Crippen LogP contribution in [-0.4, -0.2) is 18.5 Å². The van der Waals surface area contributed by atoms with Gasteiger partial charge in [0.2, 0.25) is 5.91 Å². The minimum atomic E-state index is 0.0217. The molecule has 18 heavy (non-hydrogen) atoms. The van der Waals surface area contributed by atoms with Crippen molar-refractivity contribution in [3.05, 3.63) is 42.0 Å². The number of rotatable bonds is 4. The molecule has 0 radical (unpaired) electrons. The van der Waals surface area contributed by atoms with Crippen molar-refractivity contribution >= 4 is 11.6 Å². The van der Waals surface area contributed by atoms with Gasteiger partial charge in [-0.05, 0) is 38.3 Å². The monoisotopic (exact) mass is 244 g/mol. The van der Waals surface area contributed by atoms with E-state index in [9.17, 15) is 4.79 Å². The second kappa shape index (κ2) is 6.36. The van der Waals surface area contributed by atoms with Crippen LogP contribution in [-0.2, 0) is 4.79 Å². The lowest BCUT2D eigenvalue weighted by Gasteiger charge is -2.19. The first-order valence-electron chi connectivity index (χ1n) is 6.49. The van der Waals surface area contributed by atoms with E-state index in [-0.39, 0.29) is 5.91 Å². The average Bonchev–Trinajstić information content (AvgIpc) is 2.40. The predicted octanol–water partition coefficient (Wildman–Crippen LogP) is 2.63. The van der Waals surface area contributed by atoms with E-state index in [1.807, 2.05) is 31.2 Å². The average molecular weight is 244 g/mol. The number of hydrogen-bond donors (Lipinski definition) is 2. The minimum absolute atomic E-state index is 0.0217. The molecule has 1 aliphatic rings. The summed E-state index contributed by atoms with van der Waals surface area (Å²) in [6.07, 6.45) is 7.63. The van der Waals surface area contributed by atoms with Crippen LogP contribution in [0.5, 0.6) is 0 Å². The number of amides is 1. The van der Waals surface area contributed by atoms with E-state index in [1.165, 1.54) is 5.56 Å². The predicted molar refractivity (Wildman–Crippen MR) is 74.6 cm³/mol. The van der Waals surface area contributed by atoms with Crippen molar-refractivity contribution in [1.29, 1.82) is 0 Å². The van der Waals surface area contributed by atoms with Crippen molar-refractivity contribution < 1.29 is 4.79 Å². The third-order valence-electron chi connectivity index (χ3n) is 3.16. The Kier molecular flexibility index (Phi) is 4.53. The van der Waals surface area contributed by atoms with Gasteiger partial charge in [-0.25, -0.2) is 0 Å². The molecule has 1 atom stereocenters. The molecule has 0 bridgehead atoms. The molecule has 1 aromatic rings. The molecule has 0 saturated carbocycles. The molecule has 1 unspecified atom stereocenters. The normalized spacial score (nSPS) is 18.6. The molecule has 3 nitrogen and oxygen atoms in total. The molecule has 1 aliphatic carbocycles. The van der Waals surface area contributed by atoms with E-state index in [2.05, 4.69) is 22.8 Å². The first-order valence-corrected chi connectivity index (χ1v) is 6.49. The molecule has 0 aromatic heterocycles. The molecule has 1 amide bonds. The third-order valence-corrected chi connectivity index (χ3v) is 3.16. The number of allylic oxidation sites excluding steroid dienone is 1. The summed E-state index contributed by atoms with van der Waals surface area (Å²) in [7, 11) is 0. The van der Waals surface area contributed by atoms with Gasteiger partial charge in [0.1, 0.15) is 0 Å². The van der Waals surface area contributed by atoms with Gasteiger partial charge < -0.3 is 10.6 Å². The lowest BCUT2D eigenvalue weighted by Crippen LogP contribution is -2.36. The Morgan fingerprint density at radius 2 is 2.06 bits per heavy atom. The van der Waals surface area contributed by atoms with Crippen LogP contribution in [0.15, 0.2) is 36.4 Å². The van der Waals surface area contributed by atoms with Crippen LogP contribution in [0, 0.1) is 6.92 Å². The molecule has 3 heteroatoms. The van der Waals surface area contributed by atoms with Crippen LogP contribution < -0.4 is 10.6 Å². The maximum Gasteiger partial charge on any atom is 0.238 e. The van der Waals surface area contributed by atoms with Crippen molar-refractivity contribution in [1.82, 2.24) is 5.32 Å². The van der Waals surface area contributed by atoms with E-state index in [0.717, 1.165) is 24.9 Å². The van der Waals surface area contributed by atoms with E-state index in [4.69, 9.17) is 0 Å². The molecular formula is C15H20N2O. The number of anilines is 1. The summed E-state index contributed by atoms with van der Waals surface area (Å²) >= 11 is 0. The quantitative estimate of drug-likeness (QED) is 0.799. The Morgan fingerprint density at radius 1 is 1.28 bits per heavy atom. The van der Waals surface area contributed by atoms with Gasteiger partial charge in [-0.1, -0.05) is 29.8 Å². The van der Waals surface area contributed by atoms with Crippen molar-refractivity contribution in [3.63, 3.8) is 0 Å². The van der Waals surface area contributed by atoms with Crippen LogP contribution in [0.3, 0.4) is 0 Å². The fourth-order valence-electron chi connectivity index (χ4n) is 2.06. The summed E-state index contributed by atoms with van der Waals surface area (Å²) in [5.41, 5.74) is 2.05. The van der Waals surface area contributed by atoms with E-state index >= 15 is 0 Å². The van der Waals surface area contributed by atoms with Gasteiger partial charge in [-0.2, -0.15) is 0 Å². The summed E-state index contributed by atoms with van der Waals surface area (Å²) in [6.45, 7) is 2.41. The highest BCUT2D eigenvalue weighted by Gasteiger charge is 2.10. The van der Waals surface area contributed by atoms with Gasteiger partial charge in [0, 0.05) is 11.7 Å². The van der Waals surface area contributed by atoms with Crippen molar-refractivity contribution in [2.45, 2.75) is 32.2 Å². The van der Waals surface area contributed by atoms with Gasteiger partial charge in [0.05, 0.1) is 6.54 Å². The van der Waals surface area contributed by atoms with Gasteiger partial charge in [0.15, 0.2) is 0 Å². The van der Waals surface area contributed by atoms with Crippen LogP contribution >= 0.6 is 0 Å². The number of hydrogen-bond acceptors (Lipinski definition) is 2. The Hall–Kier alpha value is -1.61. The highest BCUT2D eigenvalue weighted by Crippen LogP contribution is 2.10. The zero-order chi connectivity index (χ0) is 12.8. The van der Waals surface area contributed by atoms with Gasteiger partial charge in [-0.3, -0.25) is 4.79 Å². The summed E-state index contributed by atoms with van der Waals surface area (Å²) in [5.74, 6) is 0.0217. The van der Waals surface area contributed by atoms with Crippen LogP contribution in [0.4, 0.5) is 5.69 Å². The molecule has 0 spiro atoms. The topological polar surface area (TPSA) is 41.1 Å². The first kappa shape index (κ1) is 12.8. The highest BCUT2D eigenvalue weighted by atomic mass is 16.1. The highest BCUT2D eigenvalue weighted by molar-refractivity contribution is 5.92. The summed E-state index contributed by atoms with van der Waals surface area (Å²) < 4.78 is 0. The molecule has 0 fully saturated rings.